The van der Waals surface area contributed by atoms with Gasteiger partial charge in [0.1, 0.15) is 5.60 Å². The van der Waals surface area contributed by atoms with Crippen molar-refractivity contribution in [2.24, 2.45) is 5.73 Å². The molecule has 1 saturated heterocycles. The predicted molar refractivity (Wildman–Crippen MR) is 59.0 cm³/mol. The summed E-state index contributed by atoms with van der Waals surface area (Å²) in [6.07, 6.45) is 3.44. The highest BCUT2D eigenvalue weighted by Crippen LogP contribution is 2.29. The van der Waals surface area contributed by atoms with E-state index in [0.717, 1.165) is 25.7 Å². The third-order valence-corrected chi connectivity index (χ3v) is 3.77. The summed E-state index contributed by atoms with van der Waals surface area (Å²) in [6.45, 7) is 1.72. The van der Waals surface area contributed by atoms with Crippen LogP contribution in [0.3, 0.4) is 0 Å². The van der Waals surface area contributed by atoms with Crippen molar-refractivity contribution in [2.45, 2.75) is 36.8 Å². The van der Waals surface area contributed by atoms with E-state index in [4.69, 9.17) is 15.2 Å². The van der Waals surface area contributed by atoms with Crippen molar-refractivity contribution in [3.8, 4) is 0 Å². The first-order valence-corrected chi connectivity index (χ1v) is 5.80. The largest absolute Gasteiger partial charge is 0.378 e. The molecule has 1 aliphatic carbocycles. The van der Waals surface area contributed by atoms with Crippen LogP contribution in [0.1, 0.15) is 25.7 Å². The van der Waals surface area contributed by atoms with Gasteiger partial charge in [-0.2, -0.15) is 0 Å². The van der Waals surface area contributed by atoms with Crippen molar-refractivity contribution in [3.05, 3.63) is 0 Å². The van der Waals surface area contributed by atoms with Crippen LogP contribution >= 0.6 is 0 Å². The quantitative estimate of drug-likeness (QED) is 0.698. The average Bonchev–Trinajstić information content (AvgIpc) is 2.72. The molecule has 92 valence electrons. The average molecular weight is 228 g/mol. The molecule has 2 rings (SSSR count). The molecule has 1 saturated carbocycles. The molecule has 1 aliphatic heterocycles. The van der Waals surface area contributed by atoms with Crippen molar-refractivity contribution in [1.82, 2.24) is 5.32 Å². The van der Waals surface area contributed by atoms with Gasteiger partial charge in [0.15, 0.2) is 0 Å². The van der Waals surface area contributed by atoms with Crippen LogP contribution in [0.4, 0.5) is 0 Å². The SMILES string of the molecule is COC1(CNC(=O)C2(N)CCC2)CCOC1. The lowest BCUT2D eigenvalue weighted by Gasteiger charge is -2.37. The number of hydrogen-bond acceptors (Lipinski definition) is 4. The molecule has 16 heavy (non-hydrogen) atoms. The van der Waals surface area contributed by atoms with E-state index in [0.29, 0.717) is 19.8 Å². The highest BCUT2D eigenvalue weighted by molar-refractivity contribution is 5.87. The molecule has 1 unspecified atom stereocenters. The zero-order chi connectivity index (χ0) is 11.6. The van der Waals surface area contributed by atoms with Crippen LogP contribution in [0.2, 0.25) is 0 Å². The van der Waals surface area contributed by atoms with Crippen LogP contribution in [-0.2, 0) is 14.3 Å². The number of ether oxygens (including phenoxy) is 2. The van der Waals surface area contributed by atoms with E-state index >= 15 is 0 Å². The fourth-order valence-corrected chi connectivity index (χ4v) is 2.16. The summed E-state index contributed by atoms with van der Waals surface area (Å²) in [5, 5.41) is 2.89. The second-order valence-electron chi connectivity index (χ2n) is 4.88. The molecule has 0 aromatic carbocycles. The Bertz CT molecular complexity index is 270. The molecule has 0 aromatic heterocycles. The van der Waals surface area contributed by atoms with E-state index in [-0.39, 0.29) is 11.5 Å². The molecule has 0 spiro atoms. The normalized spacial score (nSPS) is 32.1. The fraction of sp³-hybridized carbons (Fsp3) is 0.909. The lowest BCUT2D eigenvalue weighted by molar-refractivity contribution is -0.130. The minimum absolute atomic E-state index is 0.0536. The van der Waals surface area contributed by atoms with Gasteiger partial charge >= 0.3 is 0 Å². The highest BCUT2D eigenvalue weighted by atomic mass is 16.5. The monoisotopic (exact) mass is 228 g/mol. The number of carbonyl (C=O) groups is 1. The fourth-order valence-electron chi connectivity index (χ4n) is 2.16. The van der Waals surface area contributed by atoms with Gasteiger partial charge in [-0.25, -0.2) is 0 Å². The minimum Gasteiger partial charge on any atom is -0.378 e. The Balaban J connectivity index is 1.84. The van der Waals surface area contributed by atoms with Crippen molar-refractivity contribution in [1.29, 1.82) is 0 Å². The Morgan fingerprint density at radius 3 is 2.69 bits per heavy atom. The molecule has 2 aliphatic rings. The Morgan fingerprint density at radius 2 is 2.25 bits per heavy atom. The van der Waals surface area contributed by atoms with E-state index in [1.807, 2.05) is 0 Å². The molecular formula is C11H20N2O3. The molecule has 0 bridgehead atoms. The lowest BCUT2D eigenvalue weighted by atomic mass is 9.77. The number of rotatable bonds is 4. The van der Waals surface area contributed by atoms with Gasteiger partial charge in [0.2, 0.25) is 5.91 Å². The summed E-state index contributed by atoms with van der Waals surface area (Å²) in [6, 6.07) is 0. The van der Waals surface area contributed by atoms with Gasteiger partial charge in [0.25, 0.3) is 0 Å². The standard InChI is InChI=1S/C11H20N2O3/c1-15-10(5-6-16-8-10)7-13-9(14)11(12)3-2-4-11/h2-8,12H2,1H3,(H,13,14). The van der Waals surface area contributed by atoms with Crippen LogP contribution in [0.25, 0.3) is 0 Å². The van der Waals surface area contributed by atoms with E-state index in [1.165, 1.54) is 0 Å². The second kappa shape index (κ2) is 4.31. The van der Waals surface area contributed by atoms with Crippen molar-refractivity contribution in [3.63, 3.8) is 0 Å². The number of nitrogens with two attached hydrogens (primary N) is 1. The number of amides is 1. The molecular weight excluding hydrogens is 208 g/mol. The predicted octanol–water partition coefficient (Wildman–Crippen LogP) is -0.210. The molecule has 1 atom stereocenters. The van der Waals surface area contributed by atoms with E-state index in [9.17, 15) is 4.79 Å². The smallest absolute Gasteiger partial charge is 0.240 e. The first-order valence-electron chi connectivity index (χ1n) is 5.80. The van der Waals surface area contributed by atoms with Gasteiger partial charge < -0.3 is 20.5 Å². The van der Waals surface area contributed by atoms with E-state index < -0.39 is 5.54 Å². The number of hydrogen-bond donors (Lipinski definition) is 2. The second-order valence-corrected chi connectivity index (χ2v) is 4.88. The van der Waals surface area contributed by atoms with Gasteiger partial charge in [-0.15, -0.1) is 0 Å². The molecule has 0 aromatic rings. The number of methoxy groups -OCH3 is 1. The molecule has 1 amide bonds. The van der Waals surface area contributed by atoms with Gasteiger partial charge in [-0.3, -0.25) is 4.79 Å². The maximum atomic E-state index is 11.8. The van der Waals surface area contributed by atoms with Crippen LogP contribution in [0.5, 0.6) is 0 Å². The van der Waals surface area contributed by atoms with Gasteiger partial charge in [-0.1, -0.05) is 0 Å². The minimum atomic E-state index is -0.631. The van der Waals surface area contributed by atoms with Gasteiger partial charge in [0.05, 0.1) is 12.1 Å². The summed E-state index contributed by atoms with van der Waals surface area (Å²) >= 11 is 0. The molecule has 5 nitrogen and oxygen atoms in total. The zero-order valence-electron chi connectivity index (χ0n) is 9.75. The Morgan fingerprint density at radius 1 is 1.50 bits per heavy atom. The van der Waals surface area contributed by atoms with Crippen molar-refractivity contribution < 1.29 is 14.3 Å². The topological polar surface area (TPSA) is 73.6 Å². The van der Waals surface area contributed by atoms with Crippen LogP contribution in [0.15, 0.2) is 0 Å². The number of carbonyl (C=O) groups excluding carboxylic acids is 1. The molecule has 3 N–H and O–H groups in total. The van der Waals surface area contributed by atoms with Crippen LogP contribution < -0.4 is 11.1 Å². The Hall–Kier alpha value is -0.650. The van der Waals surface area contributed by atoms with Crippen LogP contribution in [-0.4, -0.2) is 43.9 Å². The highest BCUT2D eigenvalue weighted by Gasteiger charge is 2.42. The number of nitrogens with one attached hydrogen (secondary N) is 1. The van der Waals surface area contributed by atoms with E-state index in [1.54, 1.807) is 7.11 Å². The maximum absolute atomic E-state index is 11.8. The van der Waals surface area contributed by atoms with Gasteiger partial charge in [0, 0.05) is 26.7 Å². The molecule has 2 fully saturated rings. The Kier molecular flexibility index (Phi) is 3.19. The molecule has 0 radical (unpaired) electrons. The maximum Gasteiger partial charge on any atom is 0.240 e. The Labute approximate surface area is 95.7 Å². The summed E-state index contributed by atoms with van der Waals surface area (Å²) in [7, 11) is 1.66. The first-order chi connectivity index (χ1) is 7.60. The molecule has 5 heteroatoms. The van der Waals surface area contributed by atoms with Crippen molar-refractivity contribution >= 4 is 5.91 Å². The zero-order valence-corrected chi connectivity index (χ0v) is 9.75. The first kappa shape index (κ1) is 11.8. The summed E-state index contributed by atoms with van der Waals surface area (Å²) in [4.78, 5) is 11.8. The van der Waals surface area contributed by atoms with Crippen molar-refractivity contribution in [2.75, 3.05) is 26.9 Å². The third-order valence-electron chi connectivity index (χ3n) is 3.77. The van der Waals surface area contributed by atoms with E-state index in [2.05, 4.69) is 5.32 Å². The molecule has 1 heterocycles. The summed E-state index contributed by atoms with van der Waals surface area (Å²) in [5.74, 6) is -0.0536. The van der Waals surface area contributed by atoms with Gasteiger partial charge in [-0.05, 0) is 19.3 Å². The van der Waals surface area contributed by atoms with Crippen LogP contribution in [0, 0.1) is 0 Å². The summed E-state index contributed by atoms with van der Waals surface area (Å²) in [5.41, 5.74) is 4.95. The third kappa shape index (κ3) is 2.07. The lowest BCUT2D eigenvalue weighted by Crippen LogP contribution is -2.60. The summed E-state index contributed by atoms with van der Waals surface area (Å²) < 4.78 is 10.7.